The second-order valence-corrected chi connectivity index (χ2v) is 4.82. The van der Waals surface area contributed by atoms with Crippen molar-refractivity contribution < 1.29 is 19.6 Å². The number of hydrogen-bond donors (Lipinski definition) is 3. The van der Waals surface area contributed by atoms with Crippen molar-refractivity contribution in [1.29, 1.82) is 0 Å². The Labute approximate surface area is 121 Å². The molecular weight excluding hydrogens is 278 g/mol. The number of nitrogens with one attached hydrogen (secondary N) is 2. The van der Waals surface area contributed by atoms with Crippen molar-refractivity contribution in [1.82, 2.24) is 5.32 Å². The Morgan fingerprint density at radius 3 is 2.38 bits per heavy atom. The summed E-state index contributed by atoms with van der Waals surface area (Å²) in [5, 5.41) is 25.2. The zero-order valence-corrected chi connectivity index (χ0v) is 11.9. The normalized spacial score (nSPS) is 11.8. The lowest BCUT2D eigenvalue weighted by Crippen LogP contribution is -2.41. The molecule has 114 valence electrons. The molecule has 0 spiro atoms. The minimum Gasteiger partial charge on any atom is -0.478 e. The fourth-order valence-electron chi connectivity index (χ4n) is 1.65. The summed E-state index contributed by atoms with van der Waals surface area (Å²) in [6.45, 7) is 5.12. The van der Waals surface area contributed by atoms with Gasteiger partial charge in [-0.15, -0.1) is 0 Å². The van der Waals surface area contributed by atoms with Crippen molar-refractivity contribution in [3.8, 4) is 0 Å². The number of rotatable bonds is 6. The number of carboxylic acid groups (broad SMARTS) is 1. The SMILES string of the molecule is CC(C)NC(=O)C(C)Nc1cc(C(=O)O)ccc1[N+](=O)[O-]. The van der Waals surface area contributed by atoms with Gasteiger partial charge in [-0.25, -0.2) is 4.79 Å². The van der Waals surface area contributed by atoms with Crippen LogP contribution in [0, 0.1) is 10.1 Å². The molecule has 21 heavy (non-hydrogen) atoms. The van der Waals surface area contributed by atoms with Gasteiger partial charge in [0.2, 0.25) is 5.91 Å². The van der Waals surface area contributed by atoms with Gasteiger partial charge in [-0.3, -0.25) is 14.9 Å². The molecular formula is C13H17N3O5. The molecule has 0 heterocycles. The van der Waals surface area contributed by atoms with Crippen molar-refractivity contribution >= 4 is 23.3 Å². The van der Waals surface area contributed by atoms with Gasteiger partial charge in [0.15, 0.2) is 0 Å². The molecule has 1 atom stereocenters. The number of carboxylic acids is 1. The fraction of sp³-hybridized carbons (Fsp3) is 0.385. The molecule has 3 N–H and O–H groups in total. The maximum absolute atomic E-state index is 11.8. The monoisotopic (exact) mass is 295 g/mol. The number of nitro groups is 1. The average molecular weight is 295 g/mol. The van der Waals surface area contributed by atoms with Crippen LogP contribution in [0.25, 0.3) is 0 Å². The van der Waals surface area contributed by atoms with E-state index < -0.39 is 16.9 Å². The van der Waals surface area contributed by atoms with E-state index in [2.05, 4.69) is 10.6 Å². The smallest absolute Gasteiger partial charge is 0.335 e. The van der Waals surface area contributed by atoms with E-state index in [0.717, 1.165) is 18.2 Å². The first-order valence-corrected chi connectivity index (χ1v) is 6.31. The number of benzene rings is 1. The number of hydrogen-bond acceptors (Lipinski definition) is 5. The lowest BCUT2D eigenvalue weighted by molar-refractivity contribution is -0.384. The summed E-state index contributed by atoms with van der Waals surface area (Å²) in [5.41, 5.74) is -0.393. The van der Waals surface area contributed by atoms with Crippen LogP contribution in [0.4, 0.5) is 11.4 Å². The van der Waals surface area contributed by atoms with Crippen LogP contribution in [0.1, 0.15) is 31.1 Å². The van der Waals surface area contributed by atoms with E-state index in [1.807, 2.05) is 0 Å². The lowest BCUT2D eigenvalue weighted by Gasteiger charge is -2.17. The average Bonchev–Trinajstić information content (AvgIpc) is 2.37. The summed E-state index contributed by atoms with van der Waals surface area (Å²) >= 11 is 0. The van der Waals surface area contributed by atoms with Gasteiger partial charge in [0.1, 0.15) is 11.7 Å². The van der Waals surface area contributed by atoms with Gasteiger partial charge < -0.3 is 15.7 Å². The van der Waals surface area contributed by atoms with E-state index in [9.17, 15) is 19.7 Å². The number of nitrogens with zero attached hydrogens (tertiary/aromatic N) is 1. The highest BCUT2D eigenvalue weighted by Crippen LogP contribution is 2.26. The molecule has 0 aliphatic rings. The van der Waals surface area contributed by atoms with Crippen LogP contribution < -0.4 is 10.6 Å². The molecule has 0 saturated heterocycles. The Balaban J connectivity index is 3.04. The van der Waals surface area contributed by atoms with Crippen LogP contribution in [0.3, 0.4) is 0 Å². The number of nitro benzene ring substituents is 1. The van der Waals surface area contributed by atoms with E-state index in [1.54, 1.807) is 13.8 Å². The Bertz CT molecular complexity index is 571. The lowest BCUT2D eigenvalue weighted by atomic mass is 10.1. The fourth-order valence-corrected chi connectivity index (χ4v) is 1.65. The van der Waals surface area contributed by atoms with Crippen molar-refractivity contribution in [2.75, 3.05) is 5.32 Å². The molecule has 1 rings (SSSR count). The van der Waals surface area contributed by atoms with E-state index >= 15 is 0 Å². The number of amides is 1. The number of carbonyl (C=O) groups excluding carboxylic acids is 1. The van der Waals surface area contributed by atoms with Gasteiger partial charge >= 0.3 is 5.97 Å². The largest absolute Gasteiger partial charge is 0.478 e. The van der Waals surface area contributed by atoms with Gasteiger partial charge in [0.05, 0.1) is 10.5 Å². The molecule has 8 nitrogen and oxygen atoms in total. The second kappa shape index (κ2) is 6.69. The molecule has 1 unspecified atom stereocenters. The summed E-state index contributed by atoms with van der Waals surface area (Å²) in [6.07, 6.45) is 0. The zero-order chi connectivity index (χ0) is 16.2. The van der Waals surface area contributed by atoms with E-state index in [-0.39, 0.29) is 28.9 Å². The van der Waals surface area contributed by atoms with Crippen LogP contribution in [-0.2, 0) is 4.79 Å². The third kappa shape index (κ3) is 4.44. The first-order chi connectivity index (χ1) is 9.72. The molecule has 0 aromatic heterocycles. The van der Waals surface area contributed by atoms with Crippen molar-refractivity contribution in [2.24, 2.45) is 0 Å². The van der Waals surface area contributed by atoms with Crippen LogP contribution >= 0.6 is 0 Å². The minimum absolute atomic E-state index is 0.00805. The third-order valence-corrected chi connectivity index (χ3v) is 2.64. The van der Waals surface area contributed by atoms with Crippen molar-refractivity contribution in [2.45, 2.75) is 32.9 Å². The standard InChI is InChI=1S/C13H17N3O5/c1-7(2)14-12(17)8(3)15-10-6-9(13(18)19)4-5-11(10)16(20)21/h4-8,15H,1-3H3,(H,14,17)(H,18,19). The predicted molar refractivity (Wildman–Crippen MR) is 76.4 cm³/mol. The Morgan fingerprint density at radius 1 is 1.29 bits per heavy atom. The Kier molecular flexibility index (Phi) is 5.23. The van der Waals surface area contributed by atoms with Crippen molar-refractivity contribution in [3.63, 3.8) is 0 Å². The third-order valence-electron chi connectivity index (χ3n) is 2.64. The highest BCUT2D eigenvalue weighted by molar-refractivity contribution is 5.91. The molecule has 0 aliphatic heterocycles. The van der Waals surface area contributed by atoms with E-state index in [4.69, 9.17) is 5.11 Å². The van der Waals surface area contributed by atoms with Crippen LogP contribution in [0.15, 0.2) is 18.2 Å². The maximum Gasteiger partial charge on any atom is 0.335 e. The van der Waals surface area contributed by atoms with E-state index in [0.29, 0.717) is 0 Å². The van der Waals surface area contributed by atoms with Gasteiger partial charge in [0, 0.05) is 12.1 Å². The first-order valence-electron chi connectivity index (χ1n) is 6.31. The highest BCUT2D eigenvalue weighted by Gasteiger charge is 2.21. The summed E-state index contributed by atoms with van der Waals surface area (Å²) in [4.78, 5) is 33.0. The molecule has 0 bridgehead atoms. The number of carbonyl (C=O) groups is 2. The number of anilines is 1. The molecule has 1 amide bonds. The Morgan fingerprint density at radius 2 is 1.90 bits per heavy atom. The summed E-state index contributed by atoms with van der Waals surface area (Å²) in [7, 11) is 0. The maximum atomic E-state index is 11.8. The van der Waals surface area contributed by atoms with Gasteiger partial charge in [-0.05, 0) is 32.9 Å². The zero-order valence-electron chi connectivity index (χ0n) is 11.9. The molecule has 8 heteroatoms. The highest BCUT2D eigenvalue weighted by atomic mass is 16.6. The minimum atomic E-state index is -1.20. The van der Waals surface area contributed by atoms with Crippen LogP contribution in [-0.4, -0.2) is 34.0 Å². The van der Waals surface area contributed by atoms with Crippen LogP contribution in [0.2, 0.25) is 0 Å². The van der Waals surface area contributed by atoms with Gasteiger partial charge in [-0.2, -0.15) is 0 Å². The van der Waals surface area contributed by atoms with Gasteiger partial charge in [-0.1, -0.05) is 0 Å². The predicted octanol–water partition coefficient (Wildman–Crippen LogP) is 1.62. The summed E-state index contributed by atoms with van der Waals surface area (Å²) in [6, 6.07) is 2.57. The second-order valence-electron chi connectivity index (χ2n) is 4.82. The topological polar surface area (TPSA) is 122 Å². The molecule has 0 fully saturated rings. The van der Waals surface area contributed by atoms with Gasteiger partial charge in [0.25, 0.3) is 5.69 Å². The molecule has 0 aliphatic carbocycles. The molecule has 1 aromatic carbocycles. The molecule has 0 saturated carbocycles. The number of aromatic carboxylic acids is 1. The quantitative estimate of drug-likeness (QED) is 0.541. The summed E-state index contributed by atoms with van der Waals surface area (Å²) < 4.78 is 0. The molecule has 0 radical (unpaired) electrons. The Hall–Kier alpha value is -2.64. The van der Waals surface area contributed by atoms with Crippen molar-refractivity contribution in [3.05, 3.63) is 33.9 Å². The van der Waals surface area contributed by atoms with E-state index in [1.165, 1.54) is 6.92 Å². The van der Waals surface area contributed by atoms with Crippen LogP contribution in [0.5, 0.6) is 0 Å². The molecule has 1 aromatic rings. The summed E-state index contributed by atoms with van der Waals surface area (Å²) in [5.74, 6) is -1.53. The first kappa shape index (κ1) is 16.4.